The molecule has 1 unspecified atom stereocenters. The van der Waals surface area contributed by atoms with E-state index in [1.54, 1.807) is 29.2 Å². The quantitative estimate of drug-likeness (QED) is 0.718. The van der Waals surface area contributed by atoms with E-state index in [2.05, 4.69) is 25.0 Å². The van der Waals surface area contributed by atoms with Crippen LogP contribution in [0.2, 0.25) is 0 Å². The largest absolute Gasteiger partial charge is 0.336 e. The van der Waals surface area contributed by atoms with E-state index in [9.17, 15) is 4.79 Å². The van der Waals surface area contributed by atoms with Gasteiger partial charge in [0.1, 0.15) is 0 Å². The number of rotatable bonds is 4. The van der Waals surface area contributed by atoms with Crippen LogP contribution in [0.4, 0.5) is 5.95 Å². The Morgan fingerprint density at radius 3 is 2.77 bits per heavy atom. The molecule has 0 radical (unpaired) electrons. The molecule has 4 heterocycles. The Labute approximate surface area is 151 Å². The highest BCUT2D eigenvalue weighted by Gasteiger charge is 2.27. The van der Waals surface area contributed by atoms with E-state index in [-0.39, 0.29) is 11.6 Å². The van der Waals surface area contributed by atoms with Crippen molar-refractivity contribution in [3.63, 3.8) is 0 Å². The van der Waals surface area contributed by atoms with Gasteiger partial charge in [-0.2, -0.15) is 5.10 Å². The van der Waals surface area contributed by atoms with Crippen molar-refractivity contribution in [1.29, 1.82) is 0 Å². The standard InChI is InChI=1S/C19H20N6O/c1-14-10-21-19(22-11-14)24-9-3-5-16(24)13-25-18(26)7-6-17(23-25)15-4-2-8-20-12-15/h2,4,6-8,10-12,16H,3,5,9,13H2,1H3. The van der Waals surface area contributed by atoms with E-state index >= 15 is 0 Å². The van der Waals surface area contributed by atoms with Crippen molar-refractivity contribution in [2.24, 2.45) is 0 Å². The van der Waals surface area contributed by atoms with Gasteiger partial charge < -0.3 is 4.90 Å². The van der Waals surface area contributed by atoms with Crippen LogP contribution in [-0.4, -0.2) is 37.3 Å². The van der Waals surface area contributed by atoms with Gasteiger partial charge in [0.15, 0.2) is 0 Å². The van der Waals surface area contributed by atoms with Crippen molar-refractivity contribution in [3.8, 4) is 11.3 Å². The molecule has 7 heteroatoms. The molecular weight excluding hydrogens is 328 g/mol. The number of anilines is 1. The van der Waals surface area contributed by atoms with Crippen LogP contribution in [0, 0.1) is 6.92 Å². The first kappa shape index (κ1) is 16.4. The van der Waals surface area contributed by atoms with Gasteiger partial charge >= 0.3 is 0 Å². The second kappa shape index (κ2) is 7.03. The van der Waals surface area contributed by atoms with Gasteiger partial charge in [0.2, 0.25) is 5.95 Å². The summed E-state index contributed by atoms with van der Waals surface area (Å²) in [5, 5.41) is 4.54. The summed E-state index contributed by atoms with van der Waals surface area (Å²) < 4.78 is 1.54. The van der Waals surface area contributed by atoms with Crippen molar-refractivity contribution in [2.75, 3.05) is 11.4 Å². The monoisotopic (exact) mass is 348 g/mol. The summed E-state index contributed by atoms with van der Waals surface area (Å²) in [5.74, 6) is 0.717. The third-order valence-electron chi connectivity index (χ3n) is 4.61. The molecule has 0 aliphatic carbocycles. The lowest BCUT2D eigenvalue weighted by Gasteiger charge is -2.24. The number of hydrogen-bond donors (Lipinski definition) is 0. The zero-order valence-corrected chi connectivity index (χ0v) is 14.6. The van der Waals surface area contributed by atoms with Gasteiger partial charge in [0.05, 0.1) is 18.3 Å². The van der Waals surface area contributed by atoms with E-state index in [0.717, 1.165) is 42.2 Å². The zero-order valence-electron chi connectivity index (χ0n) is 14.6. The SMILES string of the molecule is Cc1cnc(N2CCCC2Cn2nc(-c3cccnc3)ccc2=O)nc1. The molecule has 0 amide bonds. The first-order valence-corrected chi connectivity index (χ1v) is 8.74. The normalized spacial score (nSPS) is 16.8. The molecule has 1 aliphatic rings. The average molecular weight is 348 g/mol. The first-order chi connectivity index (χ1) is 12.7. The molecule has 3 aromatic rings. The molecule has 132 valence electrons. The third-order valence-corrected chi connectivity index (χ3v) is 4.61. The maximum atomic E-state index is 12.3. The Balaban J connectivity index is 1.60. The Morgan fingerprint density at radius 1 is 1.15 bits per heavy atom. The molecule has 0 bridgehead atoms. The van der Waals surface area contributed by atoms with Crippen LogP contribution >= 0.6 is 0 Å². The first-order valence-electron chi connectivity index (χ1n) is 8.74. The van der Waals surface area contributed by atoms with Crippen molar-refractivity contribution >= 4 is 5.95 Å². The van der Waals surface area contributed by atoms with Crippen LogP contribution in [0.25, 0.3) is 11.3 Å². The summed E-state index contributed by atoms with van der Waals surface area (Å²) in [5.41, 5.74) is 2.57. The number of nitrogens with zero attached hydrogens (tertiary/aromatic N) is 6. The number of aryl methyl sites for hydroxylation is 1. The number of aromatic nitrogens is 5. The highest BCUT2D eigenvalue weighted by Crippen LogP contribution is 2.23. The smallest absolute Gasteiger partial charge is 0.266 e. The zero-order chi connectivity index (χ0) is 17.9. The molecule has 0 saturated carbocycles. The molecule has 1 aliphatic heterocycles. The van der Waals surface area contributed by atoms with Gasteiger partial charge in [-0.3, -0.25) is 9.78 Å². The maximum Gasteiger partial charge on any atom is 0.266 e. The molecule has 1 atom stereocenters. The summed E-state index contributed by atoms with van der Waals surface area (Å²) in [7, 11) is 0. The van der Waals surface area contributed by atoms with Crippen LogP contribution in [0.5, 0.6) is 0 Å². The predicted octanol–water partition coefficient (Wildman–Crippen LogP) is 2.07. The minimum absolute atomic E-state index is 0.102. The molecule has 3 aromatic heterocycles. The lowest BCUT2D eigenvalue weighted by atomic mass is 10.2. The van der Waals surface area contributed by atoms with Gasteiger partial charge in [-0.15, -0.1) is 0 Å². The van der Waals surface area contributed by atoms with Gasteiger partial charge in [-0.1, -0.05) is 0 Å². The minimum Gasteiger partial charge on any atom is -0.336 e. The van der Waals surface area contributed by atoms with Gasteiger partial charge in [0.25, 0.3) is 5.56 Å². The van der Waals surface area contributed by atoms with E-state index in [0.29, 0.717) is 6.54 Å². The second-order valence-corrected chi connectivity index (χ2v) is 6.53. The molecule has 0 N–H and O–H groups in total. The van der Waals surface area contributed by atoms with Crippen LogP contribution in [-0.2, 0) is 6.54 Å². The molecule has 0 spiro atoms. The molecule has 0 aromatic carbocycles. The van der Waals surface area contributed by atoms with E-state index in [1.165, 1.54) is 0 Å². The molecule has 26 heavy (non-hydrogen) atoms. The van der Waals surface area contributed by atoms with Crippen LogP contribution < -0.4 is 10.5 Å². The van der Waals surface area contributed by atoms with Crippen LogP contribution in [0.1, 0.15) is 18.4 Å². The van der Waals surface area contributed by atoms with Gasteiger partial charge in [-0.05, 0) is 43.5 Å². The Morgan fingerprint density at radius 2 is 2.00 bits per heavy atom. The highest BCUT2D eigenvalue weighted by atomic mass is 16.1. The second-order valence-electron chi connectivity index (χ2n) is 6.53. The van der Waals surface area contributed by atoms with E-state index in [4.69, 9.17) is 0 Å². The third kappa shape index (κ3) is 3.33. The maximum absolute atomic E-state index is 12.3. The number of hydrogen-bond acceptors (Lipinski definition) is 6. The van der Waals surface area contributed by atoms with Crippen LogP contribution in [0.15, 0.2) is 53.8 Å². The molecular formula is C19H20N6O. The van der Waals surface area contributed by atoms with Crippen molar-refractivity contribution in [2.45, 2.75) is 32.4 Å². The molecule has 1 saturated heterocycles. The minimum atomic E-state index is -0.102. The van der Waals surface area contributed by atoms with Gasteiger partial charge in [0, 0.05) is 43.0 Å². The van der Waals surface area contributed by atoms with Crippen molar-refractivity contribution in [3.05, 3.63) is 65.0 Å². The molecule has 7 nitrogen and oxygen atoms in total. The molecule has 1 fully saturated rings. The Hall–Kier alpha value is -3.09. The predicted molar refractivity (Wildman–Crippen MR) is 98.9 cm³/mol. The molecule has 4 rings (SSSR count). The summed E-state index contributed by atoms with van der Waals surface area (Å²) in [6.45, 7) is 3.38. The van der Waals surface area contributed by atoms with Gasteiger partial charge in [-0.25, -0.2) is 14.6 Å². The lowest BCUT2D eigenvalue weighted by Crippen LogP contribution is -2.38. The van der Waals surface area contributed by atoms with Crippen molar-refractivity contribution < 1.29 is 0 Å². The fraction of sp³-hybridized carbons (Fsp3) is 0.316. The summed E-state index contributed by atoms with van der Waals surface area (Å²) >= 11 is 0. The van der Waals surface area contributed by atoms with Crippen LogP contribution in [0.3, 0.4) is 0 Å². The Bertz CT molecular complexity index is 938. The summed E-state index contributed by atoms with van der Waals surface area (Å²) in [6.07, 6.45) is 9.16. The topological polar surface area (TPSA) is 76.8 Å². The van der Waals surface area contributed by atoms with Crippen molar-refractivity contribution in [1.82, 2.24) is 24.7 Å². The van der Waals surface area contributed by atoms with E-state index in [1.807, 2.05) is 31.5 Å². The summed E-state index contributed by atoms with van der Waals surface area (Å²) in [6, 6.07) is 7.26. The number of pyridine rings is 1. The summed E-state index contributed by atoms with van der Waals surface area (Å²) in [4.78, 5) is 27.5. The fourth-order valence-electron chi connectivity index (χ4n) is 3.27. The van der Waals surface area contributed by atoms with E-state index < -0.39 is 0 Å². The highest BCUT2D eigenvalue weighted by molar-refractivity contribution is 5.56. The lowest BCUT2D eigenvalue weighted by molar-refractivity contribution is 0.487. The Kier molecular flexibility index (Phi) is 4.43. The fourth-order valence-corrected chi connectivity index (χ4v) is 3.27. The average Bonchev–Trinajstić information content (AvgIpc) is 3.13.